The fraction of sp³-hybridized carbons (Fsp3) is 0.275. The summed E-state index contributed by atoms with van der Waals surface area (Å²) in [6.45, 7) is 2.05. The molecule has 2 fully saturated rings. The molecule has 4 atom stereocenters. The van der Waals surface area contributed by atoms with Gasteiger partial charge in [0.15, 0.2) is 0 Å². The van der Waals surface area contributed by atoms with Crippen molar-refractivity contribution in [3.05, 3.63) is 119 Å². The number of nitrogens with zero attached hydrogens (tertiary/aromatic N) is 3. The normalized spacial score (nSPS) is 22.7. The summed E-state index contributed by atoms with van der Waals surface area (Å²) in [5.74, 6) is -1.09. The molecule has 2 saturated heterocycles. The zero-order valence-electron chi connectivity index (χ0n) is 27.9. The molecule has 0 radical (unpaired) electrons. The molecule has 4 aromatic rings. The lowest BCUT2D eigenvalue weighted by atomic mass is 9.82. The molecule has 3 aromatic carbocycles. The van der Waals surface area contributed by atoms with Crippen molar-refractivity contribution in [2.75, 3.05) is 23.8 Å². The van der Waals surface area contributed by atoms with Crippen molar-refractivity contribution in [2.45, 2.75) is 50.5 Å². The van der Waals surface area contributed by atoms with Gasteiger partial charge >= 0.3 is 0 Å². The molecular formula is C40H38N6O5. The quantitative estimate of drug-likeness (QED) is 0.157. The van der Waals surface area contributed by atoms with Crippen molar-refractivity contribution in [3.8, 4) is 11.1 Å². The molecule has 0 saturated carbocycles. The molecule has 0 spiro atoms. The summed E-state index contributed by atoms with van der Waals surface area (Å²) in [4.78, 5) is 58.6. The molecule has 258 valence electrons. The first-order valence-electron chi connectivity index (χ1n) is 17.4. The van der Waals surface area contributed by atoms with Crippen molar-refractivity contribution in [2.24, 2.45) is 5.92 Å². The molecule has 11 heteroatoms. The Morgan fingerprint density at radius 2 is 1.80 bits per heavy atom. The Morgan fingerprint density at radius 1 is 0.980 bits per heavy atom. The number of anilines is 2. The number of carbonyl (C=O) groups excluding carboxylic acids is 4. The second-order valence-corrected chi connectivity index (χ2v) is 13.6. The number of piperidine rings is 1. The fourth-order valence-corrected chi connectivity index (χ4v) is 8.13. The first-order chi connectivity index (χ1) is 24.9. The van der Waals surface area contributed by atoms with Gasteiger partial charge in [0.2, 0.25) is 17.7 Å². The van der Waals surface area contributed by atoms with Gasteiger partial charge in [0, 0.05) is 66.9 Å². The third kappa shape index (κ3) is 6.30. The van der Waals surface area contributed by atoms with Crippen molar-refractivity contribution in [1.82, 2.24) is 20.1 Å². The average Bonchev–Trinajstić information content (AvgIpc) is 3.72. The summed E-state index contributed by atoms with van der Waals surface area (Å²) in [5, 5.41) is 19.1. The predicted molar refractivity (Wildman–Crippen MR) is 192 cm³/mol. The number of fused-ring (bicyclic) bond motifs is 4. The Morgan fingerprint density at radius 3 is 2.63 bits per heavy atom. The van der Waals surface area contributed by atoms with Crippen LogP contribution in [0.1, 0.15) is 57.9 Å². The molecule has 8 rings (SSSR count). The maximum absolute atomic E-state index is 13.2. The van der Waals surface area contributed by atoms with Crippen LogP contribution in [-0.4, -0.2) is 68.8 Å². The Kier molecular flexibility index (Phi) is 8.66. The zero-order valence-corrected chi connectivity index (χ0v) is 27.9. The van der Waals surface area contributed by atoms with Gasteiger partial charge in [-0.1, -0.05) is 30.3 Å². The van der Waals surface area contributed by atoms with Crippen LogP contribution in [0.5, 0.6) is 0 Å². The second kappa shape index (κ2) is 13.6. The number of benzene rings is 3. The Labute approximate surface area is 295 Å². The van der Waals surface area contributed by atoms with Gasteiger partial charge < -0.3 is 20.6 Å². The van der Waals surface area contributed by atoms with Crippen LogP contribution in [0, 0.1) is 5.92 Å². The van der Waals surface area contributed by atoms with Crippen LogP contribution in [0.2, 0.25) is 0 Å². The highest BCUT2D eigenvalue weighted by atomic mass is 16.3. The largest absolute Gasteiger partial charge is 0.394 e. The van der Waals surface area contributed by atoms with E-state index in [1.54, 1.807) is 18.2 Å². The fourth-order valence-electron chi connectivity index (χ4n) is 8.13. The topological polar surface area (TPSA) is 144 Å². The molecule has 4 amide bonds. The van der Waals surface area contributed by atoms with E-state index in [0.717, 1.165) is 41.9 Å². The summed E-state index contributed by atoms with van der Waals surface area (Å²) < 4.78 is 0. The number of hydrogen-bond donors (Lipinski definition) is 4. The number of likely N-dealkylation sites (tertiary alicyclic amines) is 1. The van der Waals surface area contributed by atoms with Gasteiger partial charge in [0.05, 0.1) is 12.6 Å². The molecule has 11 nitrogen and oxygen atoms in total. The lowest BCUT2D eigenvalue weighted by molar-refractivity contribution is -0.137. The standard InChI is InChI=1S/C40H38N6O5/c47-23-34-30-15-18-45(21-24-13-16-41-17-14-24)38(30)31-20-27(7-9-33(31)43-34)26-4-1-5-28(19-26)42-36(48)11-8-25-3-2-6-29-32(25)22-46(40(29)51)35-10-12-37(49)44-39(35)50/h1-9,11,13-14,16-17,19-20,30,34-35,38,43,47H,10,12,15,18,21-23H2,(H,42,48)(H,44,49,50)/t30-,34-,35?,38-/m1/s1. The van der Waals surface area contributed by atoms with E-state index < -0.39 is 11.9 Å². The molecule has 4 N–H and O–H groups in total. The van der Waals surface area contributed by atoms with Crippen molar-refractivity contribution in [1.29, 1.82) is 0 Å². The summed E-state index contributed by atoms with van der Waals surface area (Å²) >= 11 is 0. The van der Waals surface area contributed by atoms with Gasteiger partial charge in [-0.2, -0.15) is 0 Å². The number of aliphatic hydroxyl groups excluding tert-OH is 1. The minimum atomic E-state index is -0.704. The van der Waals surface area contributed by atoms with E-state index in [0.29, 0.717) is 16.8 Å². The molecule has 0 aliphatic carbocycles. The predicted octanol–water partition coefficient (Wildman–Crippen LogP) is 4.51. The van der Waals surface area contributed by atoms with Gasteiger partial charge in [-0.15, -0.1) is 0 Å². The molecule has 4 aliphatic rings. The lowest BCUT2D eigenvalue weighted by Gasteiger charge is -2.39. The second-order valence-electron chi connectivity index (χ2n) is 13.6. The van der Waals surface area contributed by atoms with Crippen LogP contribution >= 0.6 is 0 Å². The molecule has 0 bridgehead atoms. The number of amides is 4. The first kappa shape index (κ1) is 32.5. The third-order valence-corrected chi connectivity index (χ3v) is 10.6. The highest BCUT2D eigenvalue weighted by Crippen LogP contribution is 2.48. The number of aromatic nitrogens is 1. The Hall–Kier alpha value is -5.65. The maximum atomic E-state index is 13.2. The van der Waals surface area contributed by atoms with Crippen molar-refractivity contribution in [3.63, 3.8) is 0 Å². The number of hydrogen-bond acceptors (Lipinski definition) is 8. The van der Waals surface area contributed by atoms with Crippen LogP contribution < -0.4 is 16.0 Å². The third-order valence-electron chi connectivity index (χ3n) is 10.6. The zero-order chi connectivity index (χ0) is 35.1. The van der Waals surface area contributed by atoms with E-state index in [-0.39, 0.29) is 61.7 Å². The lowest BCUT2D eigenvalue weighted by Crippen LogP contribution is -2.52. The first-order valence-corrected chi connectivity index (χ1v) is 17.4. The van der Waals surface area contributed by atoms with Gasteiger partial charge in [-0.25, -0.2) is 0 Å². The molecule has 1 aromatic heterocycles. The van der Waals surface area contributed by atoms with E-state index in [4.69, 9.17) is 0 Å². The summed E-state index contributed by atoms with van der Waals surface area (Å²) in [6.07, 6.45) is 8.24. The van der Waals surface area contributed by atoms with Gasteiger partial charge in [-0.05, 0) is 101 Å². The number of aliphatic hydroxyl groups is 1. The van der Waals surface area contributed by atoms with Gasteiger partial charge in [0.1, 0.15) is 6.04 Å². The Bertz CT molecular complexity index is 2070. The van der Waals surface area contributed by atoms with Crippen LogP contribution in [0.4, 0.5) is 11.4 Å². The minimum absolute atomic E-state index is 0.0101. The van der Waals surface area contributed by atoms with Crippen LogP contribution in [0.25, 0.3) is 17.2 Å². The number of imide groups is 1. The van der Waals surface area contributed by atoms with E-state index in [1.807, 2.05) is 42.7 Å². The van der Waals surface area contributed by atoms with Crippen molar-refractivity contribution < 1.29 is 24.3 Å². The monoisotopic (exact) mass is 682 g/mol. The van der Waals surface area contributed by atoms with Crippen LogP contribution in [0.15, 0.2) is 91.3 Å². The number of nitrogens with one attached hydrogen (secondary N) is 3. The van der Waals surface area contributed by atoms with E-state index in [2.05, 4.69) is 56.2 Å². The molecule has 5 heterocycles. The summed E-state index contributed by atoms with van der Waals surface area (Å²) in [6, 6.07) is 23.0. The van der Waals surface area contributed by atoms with Crippen LogP contribution in [-0.2, 0) is 27.5 Å². The number of rotatable bonds is 8. The Balaban J connectivity index is 0.987. The SMILES string of the molecule is O=C(C=Cc1cccc2c1CN(C1CCC(=O)NC1=O)C2=O)Nc1cccc(-c2ccc3c(c2)[C@H]2[C@H](CCN2Cc2ccncc2)[C@@H](CO)N3)c1. The summed E-state index contributed by atoms with van der Waals surface area (Å²) in [5.41, 5.74) is 8.04. The maximum Gasteiger partial charge on any atom is 0.255 e. The highest BCUT2D eigenvalue weighted by Gasteiger charge is 2.44. The number of pyridine rings is 1. The van der Waals surface area contributed by atoms with Gasteiger partial charge in [-0.3, -0.25) is 34.4 Å². The van der Waals surface area contributed by atoms with E-state index in [1.165, 1.54) is 22.1 Å². The molecular weight excluding hydrogens is 644 g/mol. The smallest absolute Gasteiger partial charge is 0.255 e. The minimum Gasteiger partial charge on any atom is -0.394 e. The average molecular weight is 683 g/mol. The molecule has 4 aliphatic heterocycles. The van der Waals surface area contributed by atoms with Crippen molar-refractivity contribution >= 4 is 41.1 Å². The van der Waals surface area contributed by atoms with E-state index >= 15 is 0 Å². The molecule has 1 unspecified atom stereocenters. The molecule has 51 heavy (non-hydrogen) atoms. The highest BCUT2D eigenvalue weighted by molar-refractivity contribution is 6.06. The van der Waals surface area contributed by atoms with Gasteiger partial charge in [0.25, 0.3) is 5.91 Å². The summed E-state index contributed by atoms with van der Waals surface area (Å²) in [7, 11) is 0. The van der Waals surface area contributed by atoms with Crippen LogP contribution in [0.3, 0.4) is 0 Å². The number of carbonyl (C=O) groups is 4. The van der Waals surface area contributed by atoms with E-state index in [9.17, 15) is 24.3 Å².